The highest BCUT2D eigenvalue weighted by molar-refractivity contribution is 6.13. The molecular formula is C36H22O2. The smallest absolute Gasteiger partial charge is 0.110 e. The molecule has 4 aliphatic heterocycles. The quantitative estimate of drug-likeness (QED) is 0.218. The highest BCUT2D eigenvalue weighted by Crippen LogP contribution is 2.67. The Labute approximate surface area is 220 Å². The van der Waals surface area contributed by atoms with Crippen molar-refractivity contribution in [2.45, 2.75) is 24.4 Å². The number of hydrogen-bond acceptors (Lipinski definition) is 2. The van der Waals surface area contributed by atoms with Gasteiger partial charge in [0.1, 0.15) is 24.4 Å². The Morgan fingerprint density at radius 3 is 1.05 bits per heavy atom. The lowest BCUT2D eigenvalue weighted by molar-refractivity contribution is 0.0941. The molecule has 0 aromatic heterocycles. The monoisotopic (exact) mass is 486 g/mol. The molecule has 5 aromatic carbocycles. The van der Waals surface area contributed by atoms with Crippen LogP contribution in [0.2, 0.25) is 0 Å². The van der Waals surface area contributed by atoms with Crippen molar-refractivity contribution in [1.82, 2.24) is 0 Å². The van der Waals surface area contributed by atoms with Gasteiger partial charge < -0.3 is 9.47 Å². The van der Waals surface area contributed by atoms with Gasteiger partial charge in [-0.1, -0.05) is 97.1 Å². The van der Waals surface area contributed by atoms with E-state index in [0.29, 0.717) is 0 Å². The predicted octanol–water partition coefficient (Wildman–Crippen LogP) is 8.63. The Morgan fingerprint density at radius 1 is 0.342 bits per heavy atom. The maximum absolute atomic E-state index is 6.86. The van der Waals surface area contributed by atoms with E-state index >= 15 is 0 Å². The summed E-state index contributed by atoms with van der Waals surface area (Å²) in [5, 5.41) is 2.52. The highest BCUT2D eigenvalue weighted by Gasteiger charge is 2.51. The van der Waals surface area contributed by atoms with Gasteiger partial charge in [0.05, 0.1) is 0 Å². The van der Waals surface area contributed by atoms with Crippen LogP contribution in [-0.2, 0) is 9.47 Å². The van der Waals surface area contributed by atoms with E-state index < -0.39 is 0 Å². The summed E-state index contributed by atoms with van der Waals surface area (Å²) in [6, 6.07) is 40.0. The first-order chi connectivity index (χ1) is 18.9. The van der Waals surface area contributed by atoms with Crippen LogP contribution in [0.4, 0.5) is 0 Å². The van der Waals surface area contributed by atoms with Crippen molar-refractivity contribution in [2.75, 3.05) is 0 Å². The third-order valence-electron chi connectivity index (χ3n) is 9.27. The summed E-state index contributed by atoms with van der Waals surface area (Å²) < 4.78 is 13.7. The normalized spacial score (nSPS) is 24.9. The van der Waals surface area contributed by atoms with Gasteiger partial charge in [-0.15, -0.1) is 0 Å². The molecule has 5 aliphatic rings. The minimum atomic E-state index is -0.0619. The second-order valence-electron chi connectivity index (χ2n) is 11.0. The van der Waals surface area contributed by atoms with Gasteiger partial charge in [0.2, 0.25) is 0 Å². The molecule has 0 saturated heterocycles. The van der Waals surface area contributed by atoms with E-state index in [1.807, 2.05) is 0 Å². The topological polar surface area (TPSA) is 18.5 Å². The van der Waals surface area contributed by atoms with Gasteiger partial charge in [-0.05, 0) is 89.7 Å². The number of ether oxygens (including phenoxy) is 2. The molecule has 0 amide bonds. The zero-order valence-corrected chi connectivity index (χ0v) is 20.5. The first-order valence-electron chi connectivity index (χ1n) is 13.5. The van der Waals surface area contributed by atoms with E-state index in [2.05, 4.69) is 109 Å². The minimum Gasteiger partial charge on any atom is -0.356 e. The number of benzene rings is 5. The Kier molecular flexibility index (Phi) is 3.54. The summed E-state index contributed by atoms with van der Waals surface area (Å²) in [4.78, 5) is 0. The zero-order chi connectivity index (χ0) is 24.5. The molecule has 0 N–H and O–H groups in total. The second kappa shape index (κ2) is 6.79. The van der Waals surface area contributed by atoms with Crippen LogP contribution in [0.5, 0.6) is 0 Å². The van der Waals surface area contributed by atoms with Crippen LogP contribution in [0.1, 0.15) is 68.9 Å². The van der Waals surface area contributed by atoms with Crippen LogP contribution in [0.3, 0.4) is 0 Å². The van der Waals surface area contributed by atoms with E-state index in [0.717, 1.165) is 0 Å². The molecule has 4 atom stereocenters. The Balaban J connectivity index is 1.37. The maximum atomic E-state index is 6.86. The Hall–Kier alpha value is -4.24. The first kappa shape index (κ1) is 19.8. The zero-order valence-electron chi connectivity index (χ0n) is 20.5. The minimum absolute atomic E-state index is 0.0550. The van der Waals surface area contributed by atoms with Crippen molar-refractivity contribution in [2.24, 2.45) is 0 Å². The molecule has 2 nitrogen and oxygen atoms in total. The van der Waals surface area contributed by atoms with Crippen molar-refractivity contribution < 1.29 is 9.47 Å². The molecule has 0 saturated carbocycles. The summed E-state index contributed by atoms with van der Waals surface area (Å²) in [5.41, 5.74) is 15.6. The largest absolute Gasteiger partial charge is 0.356 e. The van der Waals surface area contributed by atoms with Crippen molar-refractivity contribution >= 4 is 33.1 Å². The fourth-order valence-electron chi connectivity index (χ4n) is 7.79. The van der Waals surface area contributed by atoms with E-state index in [4.69, 9.17) is 9.47 Å². The fourth-order valence-corrected chi connectivity index (χ4v) is 7.79. The summed E-state index contributed by atoms with van der Waals surface area (Å²) >= 11 is 0. The summed E-state index contributed by atoms with van der Waals surface area (Å²) in [6.45, 7) is 0. The second-order valence-corrected chi connectivity index (χ2v) is 11.0. The summed E-state index contributed by atoms with van der Waals surface area (Å²) in [7, 11) is 0. The summed E-state index contributed by atoms with van der Waals surface area (Å²) in [6.07, 6.45) is -0.234. The summed E-state index contributed by atoms with van der Waals surface area (Å²) in [5.74, 6) is 0. The lowest BCUT2D eigenvalue weighted by Gasteiger charge is -2.30. The van der Waals surface area contributed by atoms with Crippen molar-refractivity contribution in [3.63, 3.8) is 0 Å². The van der Waals surface area contributed by atoms with Gasteiger partial charge in [-0.25, -0.2) is 0 Å². The standard InChI is InChI=1S/C36H22O2/c1-2-10-20-18-28-27(17-19(20)9-1)31-29(33-23-13-5-7-15-25(23)35(31)37-33)21-11-3-4-12-22(21)30-32(28)36-26-16-8-6-14-24(26)34(30)38-36/h1-18,33-36H. The van der Waals surface area contributed by atoms with Crippen LogP contribution < -0.4 is 0 Å². The maximum Gasteiger partial charge on any atom is 0.110 e. The van der Waals surface area contributed by atoms with Crippen molar-refractivity contribution in [3.05, 3.63) is 154 Å². The average molecular weight is 487 g/mol. The molecule has 4 bridgehead atoms. The molecule has 2 heteroatoms. The van der Waals surface area contributed by atoms with Gasteiger partial charge in [0, 0.05) is 0 Å². The first-order valence-corrected chi connectivity index (χ1v) is 13.5. The molecule has 38 heavy (non-hydrogen) atoms. The molecule has 1 aliphatic carbocycles. The molecule has 4 unspecified atom stereocenters. The van der Waals surface area contributed by atoms with Crippen LogP contribution in [0, 0.1) is 0 Å². The van der Waals surface area contributed by atoms with Crippen molar-refractivity contribution in [1.29, 1.82) is 0 Å². The third-order valence-corrected chi connectivity index (χ3v) is 9.27. The molecule has 0 spiro atoms. The Morgan fingerprint density at radius 2 is 0.658 bits per heavy atom. The van der Waals surface area contributed by atoms with Gasteiger partial charge in [-0.3, -0.25) is 0 Å². The van der Waals surface area contributed by atoms with Gasteiger partial charge in [0.15, 0.2) is 0 Å². The fraction of sp³-hybridized carbons (Fsp3) is 0.111. The van der Waals surface area contributed by atoms with Crippen LogP contribution in [0.25, 0.3) is 33.1 Å². The van der Waals surface area contributed by atoms with Gasteiger partial charge >= 0.3 is 0 Å². The van der Waals surface area contributed by atoms with E-state index in [1.165, 1.54) is 77.6 Å². The third kappa shape index (κ3) is 2.24. The molecule has 5 aromatic rings. The number of fused-ring (bicyclic) bond motifs is 21. The van der Waals surface area contributed by atoms with E-state index in [9.17, 15) is 0 Å². The Bertz CT molecular complexity index is 1820. The molecule has 4 heterocycles. The lowest BCUT2D eigenvalue weighted by Crippen LogP contribution is -2.13. The lowest BCUT2D eigenvalue weighted by atomic mass is 9.71. The van der Waals surface area contributed by atoms with E-state index in [1.54, 1.807) is 0 Å². The average Bonchev–Trinajstić information content (AvgIpc) is 3.74. The molecular weight excluding hydrogens is 464 g/mol. The van der Waals surface area contributed by atoms with Crippen LogP contribution in [-0.4, -0.2) is 0 Å². The SMILES string of the molecule is c1ccc2c(c1)C1=C(c3cc4ccccc4cc3C3=C2C2OC3c3ccccc32)C2OC1c1ccccc12. The number of hydrogen-bond donors (Lipinski definition) is 0. The van der Waals surface area contributed by atoms with Gasteiger partial charge in [-0.2, -0.15) is 0 Å². The van der Waals surface area contributed by atoms with E-state index in [-0.39, 0.29) is 24.4 Å². The van der Waals surface area contributed by atoms with Crippen LogP contribution in [0.15, 0.2) is 109 Å². The highest BCUT2D eigenvalue weighted by atomic mass is 16.5. The van der Waals surface area contributed by atoms with Crippen LogP contribution >= 0.6 is 0 Å². The van der Waals surface area contributed by atoms with Crippen molar-refractivity contribution in [3.8, 4) is 0 Å². The number of rotatable bonds is 0. The molecule has 0 radical (unpaired) electrons. The van der Waals surface area contributed by atoms with Gasteiger partial charge in [0.25, 0.3) is 0 Å². The predicted molar refractivity (Wildman–Crippen MR) is 150 cm³/mol. The molecule has 0 fully saturated rings. The molecule has 10 rings (SSSR count). The molecule has 178 valence electrons.